The summed E-state index contributed by atoms with van der Waals surface area (Å²) in [6.07, 6.45) is 1.81. The Morgan fingerprint density at radius 2 is 2.36 bits per heavy atom. The van der Waals surface area contributed by atoms with Crippen molar-refractivity contribution in [3.05, 3.63) is 17.5 Å². The van der Waals surface area contributed by atoms with Gasteiger partial charge in [-0.15, -0.1) is 0 Å². The lowest BCUT2D eigenvalue weighted by Gasteiger charge is -2.11. The fraction of sp³-hybridized carbons (Fsp3) is 0.600. The monoisotopic (exact) mass is 193 g/mol. The molecule has 0 saturated carbocycles. The van der Waals surface area contributed by atoms with Crippen molar-refractivity contribution in [3.8, 4) is 6.07 Å². The SMILES string of the molecule is CCc1nn(C)cc1C(O)C(C)C#N. The second-order valence-corrected chi connectivity index (χ2v) is 3.42. The van der Waals surface area contributed by atoms with E-state index in [2.05, 4.69) is 5.10 Å². The van der Waals surface area contributed by atoms with E-state index in [1.54, 1.807) is 17.8 Å². The maximum absolute atomic E-state index is 9.84. The standard InChI is InChI=1S/C10H15N3O/c1-4-9-8(6-13(3)12-9)10(14)7(2)5-11/h6-7,10,14H,4H2,1-3H3. The minimum atomic E-state index is -0.733. The summed E-state index contributed by atoms with van der Waals surface area (Å²) in [5, 5.41) is 22.8. The molecule has 0 aliphatic carbocycles. The van der Waals surface area contributed by atoms with Gasteiger partial charge >= 0.3 is 0 Å². The number of nitrogens with zero attached hydrogens (tertiary/aromatic N) is 3. The molecule has 14 heavy (non-hydrogen) atoms. The highest BCUT2D eigenvalue weighted by Gasteiger charge is 2.20. The molecule has 0 saturated heterocycles. The van der Waals surface area contributed by atoms with Gasteiger partial charge in [0.15, 0.2) is 0 Å². The van der Waals surface area contributed by atoms with Crippen molar-refractivity contribution in [3.63, 3.8) is 0 Å². The third kappa shape index (κ3) is 1.94. The van der Waals surface area contributed by atoms with E-state index in [0.29, 0.717) is 0 Å². The van der Waals surface area contributed by atoms with Crippen LogP contribution in [-0.4, -0.2) is 14.9 Å². The van der Waals surface area contributed by atoms with Crippen LogP contribution in [0.5, 0.6) is 0 Å². The van der Waals surface area contributed by atoms with E-state index < -0.39 is 12.0 Å². The van der Waals surface area contributed by atoms with Gasteiger partial charge in [0.1, 0.15) is 0 Å². The quantitative estimate of drug-likeness (QED) is 0.784. The summed E-state index contributed by atoms with van der Waals surface area (Å²) in [6, 6.07) is 2.04. The van der Waals surface area contributed by atoms with Crippen LogP contribution in [0.25, 0.3) is 0 Å². The van der Waals surface area contributed by atoms with E-state index in [4.69, 9.17) is 5.26 Å². The van der Waals surface area contributed by atoms with Crippen molar-refractivity contribution in [1.29, 1.82) is 5.26 Å². The summed E-state index contributed by atoms with van der Waals surface area (Å²) in [6.45, 7) is 3.69. The molecule has 0 radical (unpaired) electrons. The lowest BCUT2D eigenvalue weighted by Crippen LogP contribution is -2.08. The fourth-order valence-electron chi connectivity index (χ4n) is 1.41. The van der Waals surface area contributed by atoms with Crippen LogP contribution >= 0.6 is 0 Å². The van der Waals surface area contributed by atoms with Crippen LogP contribution in [0.4, 0.5) is 0 Å². The average molecular weight is 193 g/mol. The maximum atomic E-state index is 9.84. The Labute approximate surface area is 83.8 Å². The molecule has 1 rings (SSSR count). The average Bonchev–Trinajstić information content (AvgIpc) is 2.57. The summed E-state index contributed by atoms with van der Waals surface area (Å²) in [7, 11) is 1.81. The van der Waals surface area contributed by atoms with Gasteiger partial charge in [-0.1, -0.05) is 6.92 Å². The molecular formula is C10H15N3O. The van der Waals surface area contributed by atoms with Crippen molar-refractivity contribution in [2.75, 3.05) is 0 Å². The first-order valence-electron chi connectivity index (χ1n) is 4.70. The Bertz CT molecular complexity index is 351. The van der Waals surface area contributed by atoms with Crippen molar-refractivity contribution >= 4 is 0 Å². The number of aromatic nitrogens is 2. The molecule has 1 N–H and O–H groups in total. The molecule has 0 fully saturated rings. The molecular weight excluding hydrogens is 178 g/mol. The lowest BCUT2D eigenvalue weighted by atomic mass is 9.98. The first-order chi connectivity index (χ1) is 6.60. The van der Waals surface area contributed by atoms with E-state index in [0.717, 1.165) is 17.7 Å². The molecule has 2 atom stereocenters. The van der Waals surface area contributed by atoms with Gasteiger partial charge < -0.3 is 5.11 Å². The van der Waals surface area contributed by atoms with Crippen LogP contribution in [0.15, 0.2) is 6.20 Å². The first kappa shape index (κ1) is 10.7. The molecule has 4 nitrogen and oxygen atoms in total. The molecule has 76 valence electrons. The Morgan fingerprint density at radius 3 is 2.86 bits per heavy atom. The van der Waals surface area contributed by atoms with Gasteiger partial charge in [-0.05, 0) is 13.3 Å². The number of nitriles is 1. The molecule has 0 aliphatic heterocycles. The zero-order valence-corrected chi connectivity index (χ0v) is 8.73. The summed E-state index contributed by atoms with van der Waals surface area (Å²) in [5.74, 6) is -0.399. The minimum absolute atomic E-state index is 0.399. The second-order valence-electron chi connectivity index (χ2n) is 3.42. The number of hydrogen-bond acceptors (Lipinski definition) is 3. The molecule has 1 aromatic heterocycles. The fourth-order valence-corrected chi connectivity index (χ4v) is 1.41. The Kier molecular flexibility index (Phi) is 3.26. The van der Waals surface area contributed by atoms with E-state index in [-0.39, 0.29) is 0 Å². The van der Waals surface area contributed by atoms with E-state index in [1.165, 1.54) is 0 Å². The molecule has 0 aliphatic rings. The number of aliphatic hydroxyl groups is 1. The van der Waals surface area contributed by atoms with E-state index in [9.17, 15) is 5.11 Å². The van der Waals surface area contributed by atoms with Gasteiger partial charge in [-0.3, -0.25) is 4.68 Å². The summed E-state index contributed by atoms with van der Waals surface area (Å²) in [5.41, 5.74) is 1.63. The van der Waals surface area contributed by atoms with Crippen molar-refractivity contribution in [1.82, 2.24) is 9.78 Å². The van der Waals surface area contributed by atoms with Crippen LogP contribution in [0.2, 0.25) is 0 Å². The van der Waals surface area contributed by atoms with Crippen molar-refractivity contribution < 1.29 is 5.11 Å². The zero-order valence-electron chi connectivity index (χ0n) is 8.73. The highest BCUT2D eigenvalue weighted by molar-refractivity contribution is 5.21. The summed E-state index contributed by atoms with van der Waals surface area (Å²) < 4.78 is 1.67. The molecule has 0 aromatic carbocycles. The van der Waals surface area contributed by atoms with Crippen LogP contribution in [0.3, 0.4) is 0 Å². The van der Waals surface area contributed by atoms with Crippen molar-refractivity contribution in [2.24, 2.45) is 13.0 Å². The zero-order chi connectivity index (χ0) is 10.7. The van der Waals surface area contributed by atoms with Gasteiger partial charge in [0, 0.05) is 18.8 Å². The van der Waals surface area contributed by atoms with Gasteiger partial charge in [0.2, 0.25) is 0 Å². The molecule has 4 heteroatoms. The van der Waals surface area contributed by atoms with E-state index >= 15 is 0 Å². The smallest absolute Gasteiger partial charge is 0.0978 e. The summed E-state index contributed by atoms with van der Waals surface area (Å²) in [4.78, 5) is 0. The maximum Gasteiger partial charge on any atom is 0.0978 e. The minimum Gasteiger partial charge on any atom is -0.387 e. The van der Waals surface area contributed by atoms with Crippen LogP contribution < -0.4 is 0 Å². The molecule has 0 spiro atoms. The predicted octanol–water partition coefficient (Wildman–Crippen LogP) is 1.18. The number of aryl methyl sites for hydroxylation is 2. The predicted molar refractivity (Wildman–Crippen MR) is 52.3 cm³/mol. The molecule has 0 amide bonds. The van der Waals surface area contributed by atoms with Crippen LogP contribution in [0.1, 0.15) is 31.2 Å². The van der Waals surface area contributed by atoms with Crippen molar-refractivity contribution in [2.45, 2.75) is 26.4 Å². The lowest BCUT2D eigenvalue weighted by molar-refractivity contribution is 0.142. The highest BCUT2D eigenvalue weighted by atomic mass is 16.3. The molecule has 1 aromatic rings. The third-order valence-electron chi connectivity index (χ3n) is 2.27. The third-order valence-corrected chi connectivity index (χ3v) is 2.27. The Morgan fingerprint density at radius 1 is 1.71 bits per heavy atom. The normalized spacial score (nSPS) is 14.8. The van der Waals surface area contributed by atoms with Crippen LogP contribution in [-0.2, 0) is 13.5 Å². The molecule has 0 bridgehead atoms. The second kappa shape index (κ2) is 4.25. The Balaban J connectivity index is 3.00. The largest absolute Gasteiger partial charge is 0.387 e. The Hall–Kier alpha value is -1.34. The number of hydrogen-bond donors (Lipinski definition) is 1. The topological polar surface area (TPSA) is 61.8 Å². The number of rotatable bonds is 3. The molecule has 1 heterocycles. The summed E-state index contributed by atoms with van der Waals surface area (Å²) >= 11 is 0. The number of aliphatic hydroxyl groups excluding tert-OH is 1. The van der Waals surface area contributed by atoms with Gasteiger partial charge in [0.05, 0.1) is 23.8 Å². The van der Waals surface area contributed by atoms with E-state index in [1.807, 2.05) is 20.0 Å². The van der Waals surface area contributed by atoms with Crippen LogP contribution in [0, 0.1) is 17.2 Å². The first-order valence-corrected chi connectivity index (χ1v) is 4.70. The highest BCUT2D eigenvalue weighted by Crippen LogP contribution is 2.23. The van der Waals surface area contributed by atoms with Gasteiger partial charge in [-0.25, -0.2) is 0 Å². The van der Waals surface area contributed by atoms with Gasteiger partial charge in [-0.2, -0.15) is 10.4 Å². The van der Waals surface area contributed by atoms with Gasteiger partial charge in [0.25, 0.3) is 0 Å². The molecule has 2 unspecified atom stereocenters.